The Morgan fingerprint density at radius 1 is 1.20 bits per heavy atom. The quantitative estimate of drug-likeness (QED) is 0.900. The summed E-state index contributed by atoms with van der Waals surface area (Å²) in [6.45, 7) is 4.67. The van der Waals surface area contributed by atoms with Crippen molar-refractivity contribution < 1.29 is 14.2 Å². The van der Waals surface area contributed by atoms with Gasteiger partial charge in [0.15, 0.2) is 0 Å². The molecule has 0 bridgehead atoms. The molecule has 0 radical (unpaired) electrons. The number of methoxy groups -OCH3 is 1. The van der Waals surface area contributed by atoms with Gasteiger partial charge in [0.1, 0.15) is 5.75 Å². The average Bonchev–Trinajstić information content (AvgIpc) is 2.44. The minimum atomic E-state index is -0.0663. The molecule has 4 heteroatoms. The maximum Gasteiger partial charge on any atom is 0.118 e. The summed E-state index contributed by atoms with van der Waals surface area (Å²) in [5.41, 5.74) is 6.97. The third-order valence-corrected chi connectivity index (χ3v) is 3.71. The van der Waals surface area contributed by atoms with Crippen LogP contribution in [0.1, 0.15) is 38.4 Å². The van der Waals surface area contributed by atoms with E-state index in [-0.39, 0.29) is 24.4 Å². The molecule has 1 heterocycles. The Balaban J connectivity index is 2.00. The van der Waals surface area contributed by atoms with E-state index >= 15 is 0 Å². The third kappa shape index (κ3) is 3.95. The maximum absolute atomic E-state index is 6.20. The Labute approximate surface area is 121 Å². The first-order chi connectivity index (χ1) is 9.62. The van der Waals surface area contributed by atoms with Crippen LogP contribution in [-0.2, 0) is 9.47 Å². The molecule has 1 aromatic carbocycles. The van der Waals surface area contributed by atoms with Gasteiger partial charge < -0.3 is 19.9 Å². The van der Waals surface area contributed by atoms with E-state index in [0.29, 0.717) is 6.54 Å². The van der Waals surface area contributed by atoms with Crippen LogP contribution in [0, 0.1) is 0 Å². The van der Waals surface area contributed by atoms with Crippen molar-refractivity contribution in [2.75, 3.05) is 13.7 Å². The summed E-state index contributed by atoms with van der Waals surface area (Å²) in [6, 6.07) is 7.91. The molecule has 112 valence electrons. The molecule has 1 aliphatic heterocycles. The molecule has 2 rings (SSSR count). The molecule has 4 nitrogen and oxygen atoms in total. The highest BCUT2D eigenvalue weighted by atomic mass is 16.5. The zero-order chi connectivity index (χ0) is 14.5. The summed E-state index contributed by atoms with van der Waals surface area (Å²) < 4.78 is 17.1. The summed E-state index contributed by atoms with van der Waals surface area (Å²) in [4.78, 5) is 0. The molecule has 1 saturated heterocycles. The normalized spacial score (nSPS) is 28.1. The zero-order valence-electron chi connectivity index (χ0n) is 12.5. The van der Waals surface area contributed by atoms with Crippen LogP contribution < -0.4 is 10.5 Å². The number of nitrogens with two attached hydrogens (primary N) is 1. The van der Waals surface area contributed by atoms with Gasteiger partial charge in [-0.15, -0.1) is 0 Å². The summed E-state index contributed by atoms with van der Waals surface area (Å²) in [6.07, 6.45) is 2.50. The predicted molar refractivity (Wildman–Crippen MR) is 78.9 cm³/mol. The highest BCUT2D eigenvalue weighted by Crippen LogP contribution is 2.28. The van der Waals surface area contributed by atoms with Gasteiger partial charge in [0.05, 0.1) is 31.5 Å². The molecule has 1 fully saturated rings. The van der Waals surface area contributed by atoms with E-state index in [1.165, 1.54) is 0 Å². The molecule has 0 aromatic heterocycles. The van der Waals surface area contributed by atoms with Gasteiger partial charge in [0.2, 0.25) is 0 Å². The van der Waals surface area contributed by atoms with Gasteiger partial charge >= 0.3 is 0 Å². The lowest BCUT2D eigenvalue weighted by atomic mass is 10.0. The second kappa shape index (κ2) is 7.07. The molecular formula is C16H25NO3. The molecule has 3 unspecified atom stereocenters. The van der Waals surface area contributed by atoms with Gasteiger partial charge in [-0.3, -0.25) is 0 Å². The highest BCUT2D eigenvalue weighted by molar-refractivity contribution is 5.28. The Bertz CT molecular complexity index is 397. The molecule has 0 amide bonds. The standard InChI is InChI=1S/C16H25NO3/c1-11-8-15(9-12(2)19-11)20-16(10-17)13-4-6-14(18-3)7-5-13/h4-7,11-12,15-16H,8-10,17H2,1-3H3. The maximum atomic E-state index is 6.20. The zero-order valence-corrected chi connectivity index (χ0v) is 12.5. The Kier molecular flexibility index (Phi) is 5.40. The molecule has 3 atom stereocenters. The lowest BCUT2D eigenvalue weighted by molar-refractivity contribution is -0.120. The van der Waals surface area contributed by atoms with Gasteiger partial charge in [-0.1, -0.05) is 12.1 Å². The van der Waals surface area contributed by atoms with Gasteiger partial charge in [-0.25, -0.2) is 0 Å². The summed E-state index contributed by atoms with van der Waals surface area (Å²) in [7, 11) is 1.66. The van der Waals surface area contributed by atoms with Crippen LogP contribution in [0.25, 0.3) is 0 Å². The van der Waals surface area contributed by atoms with Crippen LogP contribution in [0.2, 0.25) is 0 Å². The summed E-state index contributed by atoms with van der Waals surface area (Å²) in [5, 5.41) is 0. The van der Waals surface area contributed by atoms with Gasteiger partial charge in [0.25, 0.3) is 0 Å². The van der Waals surface area contributed by atoms with Crippen molar-refractivity contribution in [1.29, 1.82) is 0 Å². The van der Waals surface area contributed by atoms with Crippen molar-refractivity contribution in [1.82, 2.24) is 0 Å². The molecule has 0 spiro atoms. The van der Waals surface area contributed by atoms with E-state index in [4.69, 9.17) is 19.9 Å². The molecule has 1 aromatic rings. The van der Waals surface area contributed by atoms with Crippen LogP contribution in [-0.4, -0.2) is 32.0 Å². The number of benzene rings is 1. The first-order valence-electron chi connectivity index (χ1n) is 7.27. The van der Waals surface area contributed by atoms with Crippen LogP contribution in [0.5, 0.6) is 5.75 Å². The second-order valence-corrected chi connectivity index (χ2v) is 5.48. The van der Waals surface area contributed by atoms with E-state index < -0.39 is 0 Å². The summed E-state index contributed by atoms with van der Waals surface area (Å²) in [5.74, 6) is 0.845. The van der Waals surface area contributed by atoms with Crippen molar-refractivity contribution in [3.05, 3.63) is 29.8 Å². The smallest absolute Gasteiger partial charge is 0.118 e. The van der Waals surface area contributed by atoms with Crippen LogP contribution in [0.3, 0.4) is 0 Å². The molecule has 0 aliphatic carbocycles. The number of hydrogen-bond donors (Lipinski definition) is 1. The monoisotopic (exact) mass is 279 g/mol. The topological polar surface area (TPSA) is 53.7 Å². The molecule has 2 N–H and O–H groups in total. The van der Waals surface area contributed by atoms with E-state index in [1.807, 2.05) is 24.3 Å². The van der Waals surface area contributed by atoms with E-state index in [1.54, 1.807) is 7.11 Å². The van der Waals surface area contributed by atoms with E-state index in [2.05, 4.69) is 13.8 Å². The highest BCUT2D eigenvalue weighted by Gasteiger charge is 2.27. The van der Waals surface area contributed by atoms with Crippen molar-refractivity contribution in [3.63, 3.8) is 0 Å². The Hall–Kier alpha value is -1.10. The van der Waals surface area contributed by atoms with Crippen LogP contribution >= 0.6 is 0 Å². The van der Waals surface area contributed by atoms with Crippen LogP contribution in [0.15, 0.2) is 24.3 Å². The first kappa shape index (κ1) is 15.3. The fraction of sp³-hybridized carbons (Fsp3) is 0.625. The van der Waals surface area contributed by atoms with Gasteiger partial charge in [0, 0.05) is 6.54 Å². The van der Waals surface area contributed by atoms with Gasteiger partial charge in [-0.05, 0) is 44.4 Å². The minimum Gasteiger partial charge on any atom is -0.497 e. The SMILES string of the molecule is COc1ccc(C(CN)OC2CC(C)OC(C)C2)cc1. The van der Waals surface area contributed by atoms with E-state index in [0.717, 1.165) is 24.2 Å². The fourth-order valence-electron chi connectivity index (χ4n) is 2.78. The van der Waals surface area contributed by atoms with Crippen molar-refractivity contribution in [2.24, 2.45) is 5.73 Å². The molecule has 1 aliphatic rings. The lowest BCUT2D eigenvalue weighted by Crippen LogP contribution is -2.35. The second-order valence-electron chi connectivity index (χ2n) is 5.48. The Morgan fingerprint density at radius 3 is 2.30 bits per heavy atom. The number of hydrogen-bond acceptors (Lipinski definition) is 4. The molecule has 20 heavy (non-hydrogen) atoms. The number of rotatable bonds is 5. The van der Waals surface area contributed by atoms with E-state index in [9.17, 15) is 0 Å². The molecule has 0 saturated carbocycles. The minimum absolute atomic E-state index is 0.0663. The first-order valence-corrected chi connectivity index (χ1v) is 7.27. The van der Waals surface area contributed by atoms with Crippen LogP contribution in [0.4, 0.5) is 0 Å². The molecular weight excluding hydrogens is 254 g/mol. The summed E-state index contributed by atoms with van der Waals surface area (Å²) >= 11 is 0. The predicted octanol–water partition coefficient (Wildman–Crippen LogP) is 2.67. The van der Waals surface area contributed by atoms with Crippen molar-refractivity contribution in [3.8, 4) is 5.75 Å². The largest absolute Gasteiger partial charge is 0.497 e. The Morgan fingerprint density at radius 2 is 1.80 bits per heavy atom. The van der Waals surface area contributed by atoms with Crippen molar-refractivity contribution >= 4 is 0 Å². The third-order valence-electron chi connectivity index (χ3n) is 3.71. The van der Waals surface area contributed by atoms with Gasteiger partial charge in [-0.2, -0.15) is 0 Å². The number of ether oxygens (including phenoxy) is 3. The average molecular weight is 279 g/mol. The van der Waals surface area contributed by atoms with Crippen molar-refractivity contribution in [2.45, 2.75) is 51.1 Å². The lowest BCUT2D eigenvalue weighted by Gasteiger charge is -2.34. The fourth-order valence-corrected chi connectivity index (χ4v) is 2.78.